The molecular formula is C11H25As. The van der Waals surface area contributed by atoms with E-state index in [4.69, 9.17) is 0 Å². The third-order valence-electron chi connectivity index (χ3n) is 2.31. The van der Waals surface area contributed by atoms with Crippen LogP contribution in [0, 0.1) is 0 Å². The van der Waals surface area contributed by atoms with Crippen LogP contribution in [0.5, 0.6) is 0 Å². The molecule has 0 aromatic heterocycles. The SMILES string of the molecule is CCCCCCCCCCC[AsH2]. The molecule has 0 saturated heterocycles. The van der Waals surface area contributed by atoms with Gasteiger partial charge in [0.25, 0.3) is 0 Å². The van der Waals surface area contributed by atoms with Gasteiger partial charge in [0.15, 0.2) is 0 Å². The number of unbranched alkanes of at least 4 members (excludes halogenated alkanes) is 8. The van der Waals surface area contributed by atoms with E-state index in [0.29, 0.717) is 0 Å². The molecule has 1 unspecified atom stereocenters. The van der Waals surface area contributed by atoms with Gasteiger partial charge in [-0.05, 0) is 0 Å². The first-order valence-electron chi connectivity index (χ1n) is 5.62. The molecule has 0 saturated carbocycles. The van der Waals surface area contributed by atoms with Gasteiger partial charge < -0.3 is 0 Å². The molecule has 0 bridgehead atoms. The first-order valence-corrected chi connectivity index (χ1v) is 7.33. The Bertz CT molecular complexity index is 61.4. The average molecular weight is 232 g/mol. The molecule has 0 aromatic carbocycles. The van der Waals surface area contributed by atoms with Gasteiger partial charge in [-0.2, -0.15) is 0 Å². The summed E-state index contributed by atoms with van der Waals surface area (Å²) in [6.45, 7) is 2.28. The van der Waals surface area contributed by atoms with E-state index in [9.17, 15) is 0 Å². The Hall–Kier alpha value is 0.558. The van der Waals surface area contributed by atoms with Crippen molar-refractivity contribution in [2.45, 2.75) is 69.9 Å². The van der Waals surface area contributed by atoms with E-state index in [1.54, 1.807) is 0 Å². The number of hydrogen-bond acceptors (Lipinski definition) is 0. The van der Waals surface area contributed by atoms with Crippen molar-refractivity contribution in [3.8, 4) is 0 Å². The summed E-state index contributed by atoms with van der Waals surface area (Å²) in [7, 11) is 0. The Morgan fingerprint density at radius 1 is 0.667 bits per heavy atom. The summed E-state index contributed by atoms with van der Waals surface area (Å²) in [4.78, 5) is 0. The number of rotatable bonds is 9. The molecule has 0 rings (SSSR count). The maximum absolute atomic E-state index is 2.28. The molecule has 1 heteroatoms. The van der Waals surface area contributed by atoms with E-state index in [0.717, 1.165) is 0 Å². The van der Waals surface area contributed by atoms with Crippen molar-refractivity contribution in [2.75, 3.05) is 0 Å². The predicted octanol–water partition coefficient (Wildman–Crippen LogP) is 3.57. The van der Waals surface area contributed by atoms with Crippen molar-refractivity contribution in [3.63, 3.8) is 0 Å². The van der Waals surface area contributed by atoms with Crippen LogP contribution in [-0.2, 0) is 0 Å². The standard InChI is InChI=1S/C11H25As/c1-2-3-4-5-6-7-8-9-10-11-12/h2-12H2,1H3. The first-order chi connectivity index (χ1) is 5.91. The Morgan fingerprint density at radius 2 is 1.08 bits per heavy atom. The fourth-order valence-corrected chi connectivity index (χ4v) is 2.06. The molecule has 0 nitrogen and oxygen atoms in total. The van der Waals surface area contributed by atoms with Crippen LogP contribution in [0.1, 0.15) is 64.7 Å². The predicted molar refractivity (Wildman–Crippen MR) is 60.6 cm³/mol. The zero-order chi connectivity index (χ0) is 9.07. The van der Waals surface area contributed by atoms with Gasteiger partial charge in [-0.3, -0.25) is 0 Å². The van der Waals surface area contributed by atoms with Crippen LogP contribution in [0.3, 0.4) is 0 Å². The summed E-state index contributed by atoms with van der Waals surface area (Å²) < 4.78 is 0. The minimum absolute atomic E-state index is 1.37. The first kappa shape index (κ1) is 12.6. The van der Waals surface area contributed by atoms with Crippen molar-refractivity contribution in [1.29, 1.82) is 0 Å². The molecular weight excluding hydrogens is 207 g/mol. The van der Waals surface area contributed by atoms with E-state index in [1.807, 2.05) is 16.9 Å². The summed E-state index contributed by atoms with van der Waals surface area (Å²) in [6.07, 6.45) is 13.1. The molecule has 0 aromatic rings. The normalized spacial score (nSPS) is 10.5. The van der Waals surface area contributed by atoms with Crippen LogP contribution >= 0.6 is 0 Å². The topological polar surface area (TPSA) is 0 Å². The fraction of sp³-hybridized carbons (Fsp3) is 1.00. The monoisotopic (exact) mass is 232 g/mol. The van der Waals surface area contributed by atoms with Crippen molar-refractivity contribution in [2.24, 2.45) is 0 Å². The maximum atomic E-state index is 2.28. The van der Waals surface area contributed by atoms with Gasteiger partial charge in [0.1, 0.15) is 0 Å². The zero-order valence-corrected chi connectivity index (χ0v) is 11.1. The Kier molecular flexibility index (Phi) is 12.1. The Balaban J connectivity index is 2.73. The second kappa shape index (κ2) is 11.6. The van der Waals surface area contributed by atoms with Crippen molar-refractivity contribution < 1.29 is 0 Å². The second-order valence-electron chi connectivity index (χ2n) is 3.62. The molecule has 12 heavy (non-hydrogen) atoms. The molecule has 0 heterocycles. The minimum atomic E-state index is 1.37. The molecule has 0 aliphatic heterocycles. The van der Waals surface area contributed by atoms with Gasteiger partial charge in [0, 0.05) is 0 Å². The molecule has 0 N–H and O–H groups in total. The summed E-state index contributed by atoms with van der Waals surface area (Å²) in [6, 6.07) is 0. The van der Waals surface area contributed by atoms with Gasteiger partial charge >= 0.3 is 86.8 Å². The third-order valence-corrected chi connectivity index (χ3v) is 3.16. The number of hydrogen-bond donors (Lipinski definition) is 0. The van der Waals surface area contributed by atoms with Crippen LogP contribution in [-0.4, -0.2) is 16.9 Å². The van der Waals surface area contributed by atoms with Crippen molar-refractivity contribution in [1.82, 2.24) is 0 Å². The van der Waals surface area contributed by atoms with E-state index in [2.05, 4.69) is 6.92 Å². The van der Waals surface area contributed by atoms with Crippen LogP contribution < -0.4 is 0 Å². The zero-order valence-electron chi connectivity index (χ0n) is 8.65. The molecule has 74 valence electrons. The van der Waals surface area contributed by atoms with E-state index in [1.165, 1.54) is 63.0 Å². The quantitative estimate of drug-likeness (QED) is 0.421. The van der Waals surface area contributed by atoms with Crippen LogP contribution in [0.15, 0.2) is 0 Å². The van der Waals surface area contributed by atoms with Crippen molar-refractivity contribution >= 4 is 16.9 Å². The summed E-state index contributed by atoms with van der Waals surface area (Å²) in [5.41, 5.74) is 0. The summed E-state index contributed by atoms with van der Waals surface area (Å²) in [5, 5.41) is 1.43. The van der Waals surface area contributed by atoms with Crippen LogP contribution in [0.4, 0.5) is 0 Å². The molecule has 0 aliphatic carbocycles. The average Bonchev–Trinajstić information content (AvgIpc) is 2.10. The molecule has 1 atom stereocenters. The summed E-state index contributed by atoms with van der Waals surface area (Å²) >= 11 is 1.89. The summed E-state index contributed by atoms with van der Waals surface area (Å²) in [5.74, 6) is 0. The molecule has 0 spiro atoms. The fourth-order valence-electron chi connectivity index (χ4n) is 1.45. The molecule has 0 radical (unpaired) electrons. The van der Waals surface area contributed by atoms with E-state index in [-0.39, 0.29) is 0 Å². The second-order valence-corrected chi connectivity index (χ2v) is 4.83. The van der Waals surface area contributed by atoms with Gasteiger partial charge in [-0.25, -0.2) is 0 Å². The molecule has 0 aliphatic rings. The Morgan fingerprint density at radius 3 is 1.50 bits per heavy atom. The van der Waals surface area contributed by atoms with Crippen LogP contribution in [0.2, 0.25) is 5.21 Å². The molecule has 0 amide bonds. The van der Waals surface area contributed by atoms with Crippen molar-refractivity contribution in [3.05, 3.63) is 0 Å². The van der Waals surface area contributed by atoms with Gasteiger partial charge in [0.2, 0.25) is 0 Å². The third kappa shape index (κ3) is 10.6. The van der Waals surface area contributed by atoms with E-state index < -0.39 is 0 Å². The van der Waals surface area contributed by atoms with Gasteiger partial charge in [0.05, 0.1) is 0 Å². The Labute approximate surface area is 87.0 Å². The van der Waals surface area contributed by atoms with Crippen LogP contribution in [0.25, 0.3) is 0 Å². The molecule has 0 fully saturated rings. The van der Waals surface area contributed by atoms with Gasteiger partial charge in [-0.15, -0.1) is 0 Å². The van der Waals surface area contributed by atoms with Gasteiger partial charge in [-0.1, -0.05) is 0 Å². The van der Waals surface area contributed by atoms with E-state index >= 15 is 0 Å².